The molecule has 0 aliphatic rings. The molecule has 0 unspecified atom stereocenters. The number of hydrogen-bond donors (Lipinski definition) is 2. The number of carbonyl (C=O) groups is 1. The fourth-order valence-electron chi connectivity index (χ4n) is 0.765. The van der Waals surface area contributed by atoms with E-state index in [4.69, 9.17) is 5.73 Å². The minimum atomic E-state index is -0.689. The Morgan fingerprint density at radius 3 is 3.17 bits per heavy atom. The standard InChI is InChI=1S/C6H10N4O2/c1-12-6(11)4(7)2-5-8-3-9-10-5/h3-4H,2,7H2,1H3,(H,8,9,10)/t4-/m0/s1. The van der Waals surface area contributed by atoms with Crippen LogP contribution in [-0.2, 0) is 16.0 Å². The topological polar surface area (TPSA) is 93.9 Å². The lowest BCUT2D eigenvalue weighted by Gasteiger charge is -2.05. The number of H-pyrrole nitrogens is 1. The molecule has 0 aromatic carbocycles. The van der Waals surface area contributed by atoms with Gasteiger partial charge in [0.1, 0.15) is 12.4 Å². The highest BCUT2D eigenvalue weighted by Gasteiger charge is 2.15. The smallest absolute Gasteiger partial charge is 0.323 e. The molecule has 0 fully saturated rings. The van der Waals surface area contributed by atoms with Crippen LogP contribution in [-0.4, -0.2) is 34.3 Å². The van der Waals surface area contributed by atoms with Crippen molar-refractivity contribution in [2.45, 2.75) is 12.5 Å². The SMILES string of the molecule is COC(=O)[C@@H](N)Cc1nc[nH]n1. The molecule has 0 amide bonds. The van der Waals surface area contributed by atoms with Crippen LogP contribution in [0.3, 0.4) is 0 Å². The van der Waals surface area contributed by atoms with Crippen LogP contribution in [0.1, 0.15) is 5.82 Å². The number of methoxy groups -OCH3 is 1. The van der Waals surface area contributed by atoms with E-state index in [-0.39, 0.29) is 6.42 Å². The van der Waals surface area contributed by atoms with Gasteiger partial charge in [-0.1, -0.05) is 0 Å². The maximum atomic E-state index is 10.8. The van der Waals surface area contributed by atoms with Crippen molar-refractivity contribution in [3.8, 4) is 0 Å². The maximum Gasteiger partial charge on any atom is 0.323 e. The number of rotatable bonds is 3. The lowest BCUT2D eigenvalue weighted by Crippen LogP contribution is -2.33. The van der Waals surface area contributed by atoms with Crippen molar-refractivity contribution in [3.05, 3.63) is 12.2 Å². The monoisotopic (exact) mass is 170 g/mol. The highest BCUT2D eigenvalue weighted by Crippen LogP contribution is 1.93. The Hall–Kier alpha value is -1.43. The Labute approximate surface area is 69.1 Å². The van der Waals surface area contributed by atoms with Crippen LogP contribution in [0.2, 0.25) is 0 Å². The molecule has 0 spiro atoms. The minimum Gasteiger partial charge on any atom is -0.468 e. The Kier molecular flexibility index (Phi) is 2.76. The van der Waals surface area contributed by atoms with Crippen LogP contribution in [0.15, 0.2) is 6.33 Å². The Bertz CT molecular complexity index is 246. The summed E-state index contributed by atoms with van der Waals surface area (Å²) in [6.07, 6.45) is 1.72. The molecule has 1 aromatic heterocycles. The number of nitrogens with two attached hydrogens (primary N) is 1. The number of carbonyl (C=O) groups excluding carboxylic acids is 1. The molecule has 1 atom stereocenters. The van der Waals surface area contributed by atoms with Gasteiger partial charge in [0.2, 0.25) is 0 Å². The summed E-state index contributed by atoms with van der Waals surface area (Å²) in [4.78, 5) is 14.6. The molecule has 3 N–H and O–H groups in total. The largest absolute Gasteiger partial charge is 0.468 e. The fourth-order valence-corrected chi connectivity index (χ4v) is 0.765. The molecule has 6 nitrogen and oxygen atoms in total. The van der Waals surface area contributed by atoms with E-state index in [1.165, 1.54) is 13.4 Å². The summed E-state index contributed by atoms with van der Waals surface area (Å²) < 4.78 is 4.43. The first-order chi connectivity index (χ1) is 5.74. The van der Waals surface area contributed by atoms with Gasteiger partial charge >= 0.3 is 5.97 Å². The molecule has 0 aliphatic carbocycles. The summed E-state index contributed by atoms with van der Waals surface area (Å²) in [6.45, 7) is 0. The van der Waals surface area contributed by atoms with Gasteiger partial charge in [0.25, 0.3) is 0 Å². The lowest BCUT2D eigenvalue weighted by atomic mass is 10.2. The van der Waals surface area contributed by atoms with Crippen molar-refractivity contribution >= 4 is 5.97 Å². The zero-order valence-electron chi connectivity index (χ0n) is 6.65. The summed E-state index contributed by atoms with van der Waals surface area (Å²) >= 11 is 0. The molecule has 0 saturated carbocycles. The third-order valence-corrected chi connectivity index (χ3v) is 1.37. The summed E-state index contributed by atoms with van der Waals surface area (Å²) in [5.41, 5.74) is 5.45. The highest BCUT2D eigenvalue weighted by atomic mass is 16.5. The van der Waals surface area contributed by atoms with E-state index in [1.54, 1.807) is 0 Å². The average molecular weight is 170 g/mol. The second-order valence-electron chi connectivity index (χ2n) is 2.25. The Balaban J connectivity index is 2.47. The lowest BCUT2D eigenvalue weighted by molar-refractivity contribution is -0.142. The number of esters is 1. The van der Waals surface area contributed by atoms with Crippen molar-refractivity contribution in [2.24, 2.45) is 5.73 Å². The Morgan fingerprint density at radius 2 is 2.67 bits per heavy atom. The number of aromatic amines is 1. The van der Waals surface area contributed by atoms with E-state index in [0.29, 0.717) is 5.82 Å². The first kappa shape index (κ1) is 8.66. The van der Waals surface area contributed by atoms with Crippen LogP contribution in [0.5, 0.6) is 0 Å². The van der Waals surface area contributed by atoms with E-state index >= 15 is 0 Å². The van der Waals surface area contributed by atoms with Gasteiger partial charge in [-0.05, 0) is 0 Å². The van der Waals surface area contributed by atoms with Crippen LogP contribution in [0.25, 0.3) is 0 Å². The van der Waals surface area contributed by atoms with Gasteiger partial charge in [-0.15, -0.1) is 0 Å². The van der Waals surface area contributed by atoms with Crippen LogP contribution in [0, 0.1) is 0 Å². The molecule has 0 radical (unpaired) electrons. The molecule has 66 valence electrons. The molecule has 1 rings (SSSR count). The van der Waals surface area contributed by atoms with Crippen LogP contribution >= 0.6 is 0 Å². The molecule has 0 bridgehead atoms. The third kappa shape index (κ3) is 2.03. The quantitative estimate of drug-likeness (QED) is 0.558. The number of ether oxygens (including phenoxy) is 1. The summed E-state index contributed by atoms with van der Waals surface area (Å²) in [5, 5.41) is 6.27. The van der Waals surface area contributed by atoms with Gasteiger partial charge in [-0.2, -0.15) is 5.10 Å². The second kappa shape index (κ2) is 3.82. The number of nitrogens with zero attached hydrogens (tertiary/aromatic N) is 2. The predicted octanol–water partition coefficient (Wildman–Crippen LogP) is -1.15. The van der Waals surface area contributed by atoms with Gasteiger partial charge in [0.15, 0.2) is 5.82 Å². The molecule has 0 saturated heterocycles. The fraction of sp³-hybridized carbons (Fsp3) is 0.500. The van der Waals surface area contributed by atoms with Crippen molar-refractivity contribution in [1.82, 2.24) is 15.2 Å². The zero-order valence-corrected chi connectivity index (χ0v) is 6.65. The molecule has 1 aromatic rings. The van der Waals surface area contributed by atoms with E-state index in [0.717, 1.165) is 0 Å². The van der Waals surface area contributed by atoms with E-state index in [2.05, 4.69) is 19.9 Å². The Morgan fingerprint density at radius 1 is 1.92 bits per heavy atom. The molecule has 6 heteroatoms. The minimum absolute atomic E-state index is 0.288. The molecule has 0 aliphatic heterocycles. The summed E-state index contributed by atoms with van der Waals surface area (Å²) in [7, 11) is 1.29. The van der Waals surface area contributed by atoms with Gasteiger partial charge < -0.3 is 10.5 Å². The normalized spacial score (nSPS) is 12.5. The predicted molar refractivity (Wildman–Crippen MR) is 40.1 cm³/mol. The van der Waals surface area contributed by atoms with Gasteiger partial charge in [0.05, 0.1) is 7.11 Å². The average Bonchev–Trinajstić information content (AvgIpc) is 2.55. The van der Waals surface area contributed by atoms with Gasteiger partial charge in [-0.3, -0.25) is 9.89 Å². The number of nitrogens with one attached hydrogen (secondary N) is 1. The molecular weight excluding hydrogens is 160 g/mol. The van der Waals surface area contributed by atoms with Crippen molar-refractivity contribution < 1.29 is 9.53 Å². The number of hydrogen-bond acceptors (Lipinski definition) is 5. The third-order valence-electron chi connectivity index (χ3n) is 1.37. The molecule has 12 heavy (non-hydrogen) atoms. The number of aromatic nitrogens is 3. The van der Waals surface area contributed by atoms with Crippen LogP contribution in [0.4, 0.5) is 0 Å². The highest BCUT2D eigenvalue weighted by molar-refractivity contribution is 5.75. The first-order valence-corrected chi connectivity index (χ1v) is 3.42. The van der Waals surface area contributed by atoms with Crippen molar-refractivity contribution in [3.63, 3.8) is 0 Å². The van der Waals surface area contributed by atoms with Gasteiger partial charge in [-0.25, -0.2) is 4.98 Å². The van der Waals surface area contributed by atoms with Crippen molar-refractivity contribution in [2.75, 3.05) is 7.11 Å². The zero-order chi connectivity index (χ0) is 8.97. The second-order valence-corrected chi connectivity index (χ2v) is 2.25. The summed E-state index contributed by atoms with van der Waals surface area (Å²) in [5.74, 6) is 0.0488. The van der Waals surface area contributed by atoms with E-state index in [1.807, 2.05) is 0 Å². The van der Waals surface area contributed by atoms with E-state index in [9.17, 15) is 4.79 Å². The summed E-state index contributed by atoms with van der Waals surface area (Å²) in [6, 6.07) is -0.689. The van der Waals surface area contributed by atoms with Gasteiger partial charge in [0, 0.05) is 6.42 Å². The molecular formula is C6H10N4O2. The van der Waals surface area contributed by atoms with E-state index < -0.39 is 12.0 Å². The molecule has 1 heterocycles. The van der Waals surface area contributed by atoms with Crippen molar-refractivity contribution in [1.29, 1.82) is 0 Å². The first-order valence-electron chi connectivity index (χ1n) is 3.42. The maximum absolute atomic E-state index is 10.8. The van der Waals surface area contributed by atoms with Crippen LogP contribution < -0.4 is 5.73 Å².